The summed E-state index contributed by atoms with van der Waals surface area (Å²) in [5.74, 6) is 6.29. The summed E-state index contributed by atoms with van der Waals surface area (Å²) in [6, 6.07) is 6.10. The van der Waals surface area contributed by atoms with E-state index in [1.54, 1.807) is 4.90 Å². The van der Waals surface area contributed by atoms with Crippen molar-refractivity contribution in [2.45, 2.75) is 103 Å². The van der Waals surface area contributed by atoms with Crippen molar-refractivity contribution >= 4 is 11.8 Å². The van der Waals surface area contributed by atoms with E-state index in [9.17, 15) is 9.59 Å². The molecule has 4 aliphatic carbocycles. The van der Waals surface area contributed by atoms with Crippen LogP contribution in [0.25, 0.3) is 0 Å². The van der Waals surface area contributed by atoms with Gasteiger partial charge < -0.3 is 9.80 Å². The van der Waals surface area contributed by atoms with Crippen molar-refractivity contribution in [2.24, 2.45) is 40.9 Å². The van der Waals surface area contributed by atoms with Gasteiger partial charge in [-0.05, 0) is 117 Å². The van der Waals surface area contributed by atoms with Gasteiger partial charge >= 0.3 is 0 Å². The zero-order valence-corrected chi connectivity index (χ0v) is 26.8. The molecule has 0 aromatic carbocycles. The predicted octanol–water partition coefficient (Wildman–Crippen LogP) is 5.62. The molecule has 43 heavy (non-hydrogen) atoms. The highest BCUT2D eigenvalue weighted by Crippen LogP contribution is 2.64. The zero-order valence-electron chi connectivity index (χ0n) is 26.8. The van der Waals surface area contributed by atoms with Gasteiger partial charge in [-0.25, -0.2) is 0 Å². The Labute approximate surface area is 259 Å². The molecule has 7 rings (SSSR count). The molecule has 0 spiro atoms. The Morgan fingerprint density at radius 3 is 2.60 bits per heavy atom. The number of fused-ring (bicyclic) bond motifs is 5. The third kappa shape index (κ3) is 5.78. The number of amides is 2. The van der Waals surface area contributed by atoms with Gasteiger partial charge in [0.05, 0.1) is 17.9 Å². The summed E-state index contributed by atoms with van der Waals surface area (Å²) in [7, 11) is 1.83. The number of piperazine rings is 1. The molecule has 1 aromatic heterocycles. The van der Waals surface area contributed by atoms with Crippen LogP contribution in [0.4, 0.5) is 0 Å². The quantitative estimate of drug-likeness (QED) is 0.448. The summed E-state index contributed by atoms with van der Waals surface area (Å²) >= 11 is 0. The smallest absolute Gasteiger partial charge is 0.237 e. The Morgan fingerprint density at radius 2 is 1.79 bits per heavy atom. The van der Waals surface area contributed by atoms with E-state index in [0.717, 1.165) is 92.5 Å². The van der Waals surface area contributed by atoms with Crippen LogP contribution < -0.4 is 5.32 Å². The molecule has 2 amide bonds. The SMILES string of the molecule is CN1C(=O)CNC1c1cccc(CN2CCN(C(=O)CCCC3CCC4C3CCC3C4CCC4CCCCC43C)CC2)n1. The number of hydrogen-bond acceptors (Lipinski definition) is 5. The molecule has 7 nitrogen and oxygen atoms in total. The first kappa shape index (κ1) is 29.7. The molecule has 4 saturated carbocycles. The average Bonchev–Trinajstić information content (AvgIpc) is 3.59. The Hall–Kier alpha value is -1.99. The standard InChI is InChI=1S/C36H55N5O2/c1-36-18-4-3-8-26(36)13-15-30-29-14-12-25(28(29)16-17-31(30)36)7-5-11-33(42)41-21-19-40(20-22-41)24-27-9-6-10-32(38-27)35-37-23-34(43)39(35)2/h6,9-10,25-26,28-31,35,37H,3-5,7-8,11-24H2,1-2H3. The minimum atomic E-state index is -0.146. The average molecular weight is 590 g/mol. The lowest BCUT2D eigenvalue weighted by Gasteiger charge is -2.58. The molecule has 0 radical (unpaired) electrons. The fraction of sp³-hybridized carbons (Fsp3) is 0.806. The van der Waals surface area contributed by atoms with Crippen molar-refractivity contribution in [3.05, 3.63) is 29.6 Å². The second-order valence-electron chi connectivity index (χ2n) is 15.4. The van der Waals surface area contributed by atoms with Gasteiger partial charge in [-0.3, -0.25) is 24.8 Å². The number of nitrogens with one attached hydrogen (secondary N) is 1. The lowest BCUT2D eigenvalue weighted by molar-refractivity contribution is -0.133. The minimum absolute atomic E-state index is 0.101. The zero-order chi connectivity index (χ0) is 29.6. The molecule has 0 bridgehead atoms. The number of likely N-dealkylation sites (N-methyl/N-ethyl adjacent to an activating group) is 1. The van der Waals surface area contributed by atoms with E-state index in [0.29, 0.717) is 17.9 Å². The highest BCUT2D eigenvalue weighted by Gasteiger charge is 2.55. The minimum Gasteiger partial charge on any atom is -0.340 e. The van der Waals surface area contributed by atoms with Gasteiger partial charge in [0, 0.05) is 46.2 Å². The summed E-state index contributed by atoms with van der Waals surface area (Å²) in [6.07, 6.45) is 17.8. The highest BCUT2D eigenvalue weighted by molar-refractivity contribution is 5.80. The highest BCUT2D eigenvalue weighted by atomic mass is 16.2. The maximum absolute atomic E-state index is 13.2. The molecular weight excluding hydrogens is 534 g/mol. The molecule has 3 heterocycles. The van der Waals surface area contributed by atoms with Crippen molar-refractivity contribution in [1.29, 1.82) is 0 Å². The molecule has 8 unspecified atom stereocenters. The Morgan fingerprint density at radius 1 is 0.977 bits per heavy atom. The Balaban J connectivity index is 0.846. The number of carbonyl (C=O) groups is 2. The van der Waals surface area contributed by atoms with Crippen LogP contribution >= 0.6 is 0 Å². The van der Waals surface area contributed by atoms with Crippen LogP contribution in [-0.2, 0) is 16.1 Å². The molecular formula is C36H55N5O2. The number of rotatable bonds is 7. The lowest BCUT2D eigenvalue weighted by atomic mass is 9.47. The molecule has 7 heteroatoms. The molecule has 2 aliphatic heterocycles. The van der Waals surface area contributed by atoms with Gasteiger partial charge in [-0.15, -0.1) is 0 Å². The molecule has 1 N–H and O–H groups in total. The maximum Gasteiger partial charge on any atom is 0.237 e. The molecule has 6 aliphatic rings. The topological polar surface area (TPSA) is 68.8 Å². The Kier molecular flexibility index (Phi) is 8.58. The fourth-order valence-electron chi connectivity index (χ4n) is 11.1. The second kappa shape index (κ2) is 12.4. The first-order valence-corrected chi connectivity index (χ1v) is 17.9. The lowest BCUT2D eigenvalue weighted by Crippen LogP contribution is -2.50. The summed E-state index contributed by atoms with van der Waals surface area (Å²) in [6.45, 7) is 7.27. The summed E-state index contributed by atoms with van der Waals surface area (Å²) in [5, 5.41) is 3.25. The normalized spacial score (nSPS) is 38.1. The van der Waals surface area contributed by atoms with E-state index in [1.165, 1.54) is 70.6 Å². The summed E-state index contributed by atoms with van der Waals surface area (Å²) < 4.78 is 0. The van der Waals surface area contributed by atoms with Crippen molar-refractivity contribution < 1.29 is 9.59 Å². The summed E-state index contributed by atoms with van der Waals surface area (Å²) in [5.41, 5.74) is 2.57. The largest absolute Gasteiger partial charge is 0.340 e. The van der Waals surface area contributed by atoms with Gasteiger partial charge in [0.2, 0.25) is 11.8 Å². The van der Waals surface area contributed by atoms with Crippen molar-refractivity contribution in [2.75, 3.05) is 39.8 Å². The van der Waals surface area contributed by atoms with Crippen LogP contribution in [0.3, 0.4) is 0 Å². The van der Waals surface area contributed by atoms with Crippen LogP contribution in [0, 0.1) is 40.9 Å². The Bertz CT molecular complexity index is 1170. The van der Waals surface area contributed by atoms with E-state index in [-0.39, 0.29) is 12.1 Å². The summed E-state index contributed by atoms with van der Waals surface area (Å²) in [4.78, 5) is 36.2. The first-order chi connectivity index (χ1) is 20.9. The van der Waals surface area contributed by atoms with Crippen LogP contribution in [0.15, 0.2) is 18.2 Å². The predicted molar refractivity (Wildman–Crippen MR) is 169 cm³/mol. The second-order valence-corrected chi connectivity index (χ2v) is 15.4. The molecule has 236 valence electrons. The third-order valence-electron chi connectivity index (χ3n) is 13.5. The van der Waals surface area contributed by atoms with Gasteiger partial charge in [-0.1, -0.05) is 25.8 Å². The first-order valence-electron chi connectivity index (χ1n) is 17.9. The number of carbonyl (C=O) groups excluding carboxylic acids is 2. The molecule has 2 saturated heterocycles. The molecule has 1 aromatic rings. The number of pyridine rings is 1. The van der Waals surface area contributed by atoms with Gasteiger partial charge in [-0.2, -0.15) is 0 Å². The molecule has 6 fully saturated rings. The van der Waals surface area contributed by atoms with Crippen molar-refractivity contribution in [3.8, 4) is 0 Å². The van der Waals surface area contributed by atoms with Crippen LogP contribution in [0.2, 0.25) is 0 Å². The van der Waals surface area contributed by atoms with Crippen molar-refractivity contribution in [1.82, 2.24) is 25.0 Å². The fourth-order valence-corrected chi connectivity index (χ4v) is 11.1. The number of hydrogen-bond donors (Lipinski definition) is 1. The maximum atomic E-state index is 13.2. The number of nitrogens with zero attached hydrogens (tertiary/aromatic N) is 4. The third-order valence-corrected chi connectivity index (χ3v) is 13.5. The molecule has 8 atom stereocenters. The van der Waals surface area contributed by atoms with Gasteiger partial charge in [0.1, 0.15) is 6.17 Å². The van der Waals surface area contributed by atoms with Gasteiger partial charge in [0.15, 0.2) is 0 Å². The van der Waals surface area contributed by atoms with Crippen LogP contribution in [0.5, 0.6) is 0 Å². The number of aromatic nitrogens is 1. The van der Waals surface area contributed by atoms with Gasteiger partial charge in [0.25, 0.3) is 0 Å². The van der Waals surface area contributed by atoms with E-state index in [1.807, 2.05) is 19.2 Å². The van der Waals surface area contributed by atoms with Crippen molar-refractivity contribution in [3.63, 3.8) is 0 Å². The van der Waals surface area contributed by atoms with E-state index in [4.69, 9.17) is 4.98 Å². The van der Waals surface area contributed by atoms with Crippen LogP contribution in [0.1, 0.15) is 108 Å². The van der Waals surface area contributed by atoms with E-state index < -0.39 is 0 Å². The van der Waals surface area contributed by atoms with E-state index >= 15 is 0 Å². The van der Waals surface area contributed by atoms with E-state index in [2.05, 4.69) is 28.1 Å². The monoisotopic (exact) mass is 589 g/mol. The van der Waals surface area contributed by atoms with Crippen LogP contribution in [-0.4, -0.2) is 71.3 Å².